The van der Waals surface area contributed by atoms with E-state index >= 15 is 0 Å². The molecule has 1 fully saturated rings. The molecule has 0 saturated carbocycles. The first-order chi connectivity index (χ1) is 9.22. The molecule has 0 atom stereocenters. The van der Waals surface area contributed by atoms with Crippen molar-refractivity contribution in [1.29, 1.82) is 0 Å². The number of hydrogen-bond donors (Lipinski definition) is 2. The molecule has 1 aliphatic heterocycles. The molecule has 0 bridgehead atoms. The number of carboxylic acid groups (broad SMARTS) is 1. The van der Waals surface area contributed by atoms with Crippen LogP contribution in [0.4, 0.5) is 0 Å². The third kappa shape index (κ3) is 2.78. The number of fused-ring (bicyclic) bond motifs is 1. The van der Waals surface area contributed by atoms with Crippen molar-refractivity contribution in [2.75, 3.05) is 26.2 Å². The van der Waals surface area contributed by atoms with Crippen LogP contribution in [0.3, 0.4) is 0 Å². The van der Waals surface area contributed by atoms with Crippen LogP contribution in [-0.2, 0) is 6.54 Å². The largest absolute Gasteiger partial charge is 0.478 e. The Morgan fingerprint density at radius 1 is 1.32 bits per heavy atom. The highest BCUT2D eigenvalue weighted by molar-refractivity contribution is 7.19. The van der Waals surface area contributed by atoms with E-state index in [1.54, 1.807) is 23.5 Å². The maximum absolute atomic E-state index is 11.0. The predicted molar refractivity (Wildman–Crippen MR) is 76.9 cm³/mol. The van der Waals surface area contributed by atoms with Crippen molar-refractivity contribution in [3.63, 3.8) is 0 Å². The molecule has 2 aromatic rings. The van der Waals surface area contributed by atoms with E-state index in [2.05, 4.69) is 16.3 Å². The van der Waals surface area contributed by atoms with E-state index in [0.717, 1.165) is 42.8 Å². The minimum atomic E-state index is -0.862. The molecule has 1 aromatic heterocycles. The topological polar surface area (TPSA) is 52.6 Å². The van der Waals surface area contributed by atoms with Gasteiger partial charge in [0.15, 0.2) is 0 Å². The monoisotopic (exact) mass is 276 g/mol. The Labute approximate surface area is 115 Å². The van der Waals surface area contributed by atoms with E-state index < -0.39 is 5.97 Å². The number of thiophene rings is 1. The van der Waals surface area contributed by atoms with Crippen molar-refractivity contribution < 1.29 is 9.90 Å². The Morgan fingerprint density at radius 3 is 2.84 bits per heavy atom. The SMILES string of the molecule is O=C(O)c1ccc2cc(CN3CCNCC3)sc2c1. The fourth-order valence-corrected chi connectivity index (χ4v) is 3.53. The van der Waals surface area contributed by atoms with Crippen molar-refractivity contribution in [3.05, 3.63) is 34.7 Å². The van der Waals surface area contributed by atoms with Gasteiger partial charge in [0.05, 0.1) is 5.56 Å². The maximum atomic E-state index is 11.0. The number of hydrogen-bond acceptors (Lipinski definition) is 4. The third-order valence-corrected chi connectivity index (χ3v) is 4.49. The van der Waals surface area contributed by atoms with Gasteiger partial charge in [-0.1, -0.05) is 6.07 Å². The summed E-state index contributed by atoms with van der Waals surface area (Å²) in [4.78, 5) is 14.7. The van der Waals surface area contributed by atoms with Crippen molar-refractivity contribution >= 4 is 27.4 Å². The van der Waals surface area contributed by atoms with Crippen LogP contribution in [0.5, 0.6) is 0 Å². The summed E-state index contributed by atoms with van der Waals surface area (Å²) in [5.41, 5.74) is 0.364. The number of nitrogens with zero attached hydrogens (tertiary/aromatic N) is 1. The van der Waals surface area contributed by atoms with E-state index in [1.165, 1.54) is 4.88 Å². The minimum Gasteiger partial charge on any atom is -0.478 e. The van der Waals surface area contributed by atoms with Crippen molar-refractivity contribution in [3.8, 4) is 0 Å². The van der Waals surface area contributed by atoms with Crippen molar-refractivity contribution in [2.24, 2.45) is 0 Å². The molecular formula is C14H16N2O2S. The predicted octanol–water partition coefficient (Wildman–Crippen LogP) is 2.00. The summed E-state index contributed by atoms with van der Waals surface area (Å²) < 4.78 is 1.06. The summed E-state index contributed by atoms with van der Waals surface area (Å²) in [6, 6.07) is 7.51. The van der Waals surface area contributed by atoms with Gasteiger partial charge in [-0.05, 0) is 23.6 Å². The Balaban J connectivity index is 1.82. The number of carboxylic acids is 1. The van der Waals surface area contributed by atoms with E-state index in [1.807, 2.05) is 6.07 Å². The lowest BCUT2D eigenvalue weighted by Gasteiger charge is -2.26. The Kier molecular flexibility index (Phi) is 3.50. The first kappa shape index (κ1) is 12.6. The average molecular weight is 276 g/mol. The van der Waals surface area contributed by atoms with Crippen LogP contribution in [0.1, 0.15) is 15.2 Å². The first-order valence-corrected chi connectivity index (χ1v) is 7.23. The lowest BCUT2D eigenvalue weighted by atomic mass is 10.2. The van der Waals surface area contributed by atoms with Crippen LogP contribution in [0.15, 0.2) is 24.3 Å². The number of rotatable bonds is 3. The molecule has 0 radical (unpaired) electrons. The molecule has 100 valence electrons. The fraction of sp³-hybridized carbons (Fsp3) is 0.357. The van der Waals surface area contributed by atoms with Gasteiger partial charge in [-0.15, -0.1) is 11.3 Å². The van der Waals surface area contributed by atoms with Gasteiger partial charge in [0.1, 0.15) is 0 Å². The quantitative estimate of drug-likeness (QED) is 0.900. The van der Waals surface area contributed by atoms with Crippen molar-refractivity contribution in [1.82, 2.24) is 10.2 Å². The van der Waals surface area contributed by atoms with Gasteiger partial charge in [0.2, 0.25) is 0 Å². The van der Waals surface area contributed by atoms with Gasteiger partial charge < -0.3 is 10.4 Å². The Hall–Kier alpha value is -1.43. The van der Waals surface area contributed by atoms with Gasteiger partial charge in [-0.3, -0.25) is 4.90 Å². The fourth-order valence-electron chi connectivity index (χ4n) is 2.39. The molecule has 0 aliphatic carbocycles. The van der Waals surface area contributed by atoms with E-state index in [-0.39, 0.29) is 0 Å². The highest BCUT2D eigenvalue weighted by atomic mass is 32.1. The standard InChI is InChI=1S/C14H16N2O2S/c17-14(18)11-2-1-10-7-12(19-13(10)8-11)9-16-5-3-15-4-6-16/h1-2,7-8,15H,3-6,9H2,(H,17,18). The summed E-state index contributed by atoms with van der Waals surface area (Å²) in [6.45, 7) is 5.22. The van der Waals surface area contributed by atoms with Gasteiger partial charge in [0.25, 0.3) is 0 Å². The number of carbonyl (C=O) groups is 1. The van der Waals surface area contributed by atoms with E-state index in [9.17, 15) is 4.79 Å². The highest BCUT2D eigenvalue weighted by Gasteiger charge is 2.12. The molecule has 0 spiro atoms. The molecule has 1 aromatic carbocycles. The molecule has 2 N–H and O–H groups in total. The second-order valence-electron chi connectivity index (χ2n) is 4.80. The molecule has 0 unspecified atom stereocenters. The molecule has 1 aliphatic rings. The molecule has 2 heterocycles. The molecule has 0 amide bonds. The minimum absolute atomic E-state index is 0.364. The van der Waals surface area contributed by atoms with E-state index in [4.69, 9.17) is 5.11 Å². The van der Waals surface area contributed by atoms with Crippen LogP contribution >= 0.6 is 11.3 Å². The van der Waals surface area contributed by atoms with E-state index in [0.29, 0.717) is 5.56 Å². The van der Waals surface area contributed by atoms with Crippen molar-refractivity contribution in [2.45, 2.75) is 6.54 Å². The molecule has 4 nitrogen and oxygen atoms in total. The number of aromatic carboxylic acids is 1. The third-order valence-electron chi connectivity index (χ3n) is 3.41. The van der Waals surface area contributed by atoms with Crippen LogP contribution in [0.25, 0.3) is 10.1 Å². The van der Waals surface area contributed by atoms with Crippen LogP contribution < -0.4 is 5.32 Å². The molecule has 5 heteroatoms. The number of piperazine rings is 1. The van der Waals surface area contributed by atoms with Gasteiger partial charge >= 0.3 is 5.97 Å². The van der Waals surface area contributed by atoms with Crippen LogP contribution in [0.2, 0.25) is 0 Å². The zero-order chi connectivity index (χ0) is 13.2. The molecule has 3 rings (SSSR count). The average Bonchev–Trinajstić information content (AvgIpc) is 2.80. The second-order valence-corrected chi connectivity index (χ2v) is 5.96. The van der Waals surface area contributed by atoms with Crippen LogP contribution in [0, 0.1) is 0 Å². The smallest absolute Gasteiger partial charge is 0.335 e. The van der Waals surface area contributed by atoms with Gasteiger partial charge in [-0.2, -0.15) is 0 Å². The summed E-state index contributed by atoms with van der Waals surface area (Å²) in [7, 11) is 0. The first-order valence-electron chi connectivity index (χ1n) is 6.41. The van der Waals surface area contributed by atoms with Gasteiger partial charge in [0, 0.05) is 42.3 Å². The lowest BCUT2D eigenvalue weighted by Crippen LogP contribution is -2.42. The number of nitrogens with one attached hydrogen (secondary N) is 1. The lowest BCUT2D eigenvalue weighted by molar-refractivity contribution is 0.0697. The Morgan fingerprint density at radius 2 is 2.11 bits per heavy atom. The maximum Gasteiger partial charge on any atom is 0.335 e. The highest BCUT2D eigenvalue weighted by Crippen LogP contribution is 2.27. The van der Waals surface area contributed by atoms with Crippen LogP contribution in [-0.4, -0.2) is 42.2 Å². The van der Waals surface area contributed by atoms with Gasteiger partial charge in [-0.25, -0.2) is 4.79 Å². The normalized spacial score (nSPS) is 16.8. The summed E-state index contributed by atoms with van der Waals surface area (Å²) in [6.07, 6.45) is 0. The summed E-state index contributed by atoms with van der Waals surface area (Å²) in [5, 5.41) is 13.5. The molecule has 1 saturated heterocycles. The molecular weight excluding hydrogens is 260 g/mol. The molecule has 19 heavy (non-hydrogen) atoms. The zero-order valence-electron chi connectivity index (χ0n) is 10.6. The zero-order valence-corrected chi connectivity index (χ0v) is 11.4. The number of benzene rings is 1. The second kappa shape index (κ2) is 5.28. The summed E-state index contributed by atoms with van der Waals surface area (Å²) in [5.74, 6) is -0.862. The Bertz CT molecular complexity index is 603. The summed E-state index contributed by atoms with van der Waals surface area (Å²) >= 11 is 1.70.